The number of aryl methyl sites for hydroxylation is 1. The van der Waals surface area contributed by atoms with Gasteiger partial charge in [-0.3, -0.25) is 4.79 Å². The summed E-state index contributed by atoms with van der Waals surface area (Å²) >= 11 is 0. The molecule has 3 heterocycles. The fourth-order valence-corrected chi connectivity index (χ4v) is 5.00. The van der Waals surface area contributed by atoms with E-state index >= 15 is 0 Å². The number of H-pyrrole nitrogens is 1. The molecule has 7 nitrogen and oxygen atoms in total. The van der Waals surface area contributed by atoms with Crippen LogP contribution in [0.15, 0.2) is 72.8 Å². The van der Waals surface area contributed by atoms with Crippen LogP contribution in [0.2, 0.25) is 0 Å². The number of imidazole rings is 1. The van der Waals surface area contributed by atoms with Crippen molar-refractivity contribution in [2.24, 2.45) is 7.05 Å². The van der Waals surface area contributed by atoms with Crippen LogP contribution in [0.5, 0.6) is 11.5 Å². The number of hydrogen-bond acceptors (Lipinski definition) is 4. The number of benzene rings is 3. The maximum Gasteiger partial charge on any atom is 0.270 e. The Bertz CT molecular complexity index is 1610. The van der Waals surface area contributed by atoms with Crippen molar-refractivity contribution < 1.29 is 14.3 Å². The lowest BCUT2D eigenvalue weighted by atomic mass is 10.0. The SMILES string of the molecule is COc1ccc(-c2ccc(C(=O)N3CCOc4ccc(-c5ccc6nc(C)[nH]c6c5)cc4C3)n2C)cc1. The highest BCUT2D eigenvalue weighted by Crippen LogP contribution is 2.31. The third-order valence-electron chi connectivity index (χ3n) is 6.99. The van der Waals surface area contributed by atoms with Gasteiger partial charge in [0.2, 0.25) is 0 Å². The fraction of sp³-hybridized carbons (Fsp3) is 0.200. The molecule has 2 aromatic heterocycles. The van der Waals surface area contributed by atoms with Gasteiger partial charge in [-0.1, -0.05) is 12.1 Å². The molecule has 37 heavy (non-hydrogen) atoms. The quantitative estimate of drug-likeness (QED) is 0.355. The fourth-order valence-electron chi connectivity index (χ4n) is 5.00. The van der Waals surface area contributed by atoms with E-state index in [1.165, 1.54) is 0 Å². The molecular formula is C30H28N4O3. The lowest BCUT2D eigenvalue weighted by Crippen LogP contribution is -2.33. The molecule has 1 amide bonds. The Hall–Kier alpha value is -4.52. The molecule has 1 aliphatic rings. The van der Waals surface area contributed by atoms with E-state index in [-0.39, 0.29) is 5.91 Å². The monoisotopic (exact) mass is 492 g/mol. The van der Waals surface area contributed by atoms with E-state index in [0.29, 0.717) is 25.4 Å². The molecule has 0 unspecified atom stereocenters. The first-order valence-corrected chi connectivity index (χ1v) is 12.3. The van der Waals surface area contributed by atoms with Crippen LogP contribution >= 0.6 is 0 Å². The Kier molecular flexibility index (Phi) is 5.68. The summed E-state index contributed by atoms with van der Waals surface area (Å²) in [6, 6.07) is 24.2. The molecule has 0 atom stereocenters. The summed E-state index contributed by atoms with van der Waals surface area (Å²) in [7, 11) is 3.58. The van der Waals surface area contributed by atoms with Crippen molar-refractivity contribution in [1.29, 1.82) is 0 Å². The second kappa shape index (κ2) is 9.17. The maximum absolute atomic E-state index is 13.7. The van der Waals surface area contributed by atoms with Crippen molar-refractivity contribution in [3.63, 3.8) is 0 Å². The zero-order valence-corrected chi connectivity index (χ0v) is 21.1. The predicted molar refractivity (Wildman–Crippen MR) is 144 cm³/mol. The number of nitrogens with one attached hydrogen (secondary N) is 1. The van der Waals surface area contributed by atoms with Gasteiger partial charge in [0.25, 0.3) is 5.91 Å². The lowest BCUT2D eigenvalue weighted by Gasteiger charge is -2.21. The first kappa shape index (κ1) is 22.9. The van der Waals surface area contributed by atoms with Gasteiger partial charge < -0.3 is 23.9 Å². The van der Waals surface area contributed by atoms with E-state index < -0.39 is 0 Å². The Morgan fingerprint density at radius 2 is 1.73 bits per heavy atom. The van der Waals surface area contributed by atoms with E-state index in [1.54, 1.807) is 7.11 Å². The van der Waals surface area contributed by atoms with Crippen LogP contribution in [0.3, 0.4) is 0 Å². The molecular weight excluding hydrogens is 464 g/mol. The van der Waals surface area contributed by atoms with E-state index in [1.807, 2.05) is 72.0 Å². The lowest BCUT2D eigenvalue weighted by molar-refractivity contribution is 0.0724. The number of aromatic nitrogens is 3. The molecule has 0 saturated carbocycles. The van der Waals surface area contributed by atoms with E-state index in [4.69, 9.17) is 9.47 Å². The molecule has 186 valence electrons. The van der Waals surface area contributed by atoms with Gasteiger partial charge in [-0.25, -0.2) is 4.98 Å². The van der Waals surface area contributed by atoms with Crippen LogP contribution in [0.25, 0.3) is 33.4 Å². The number of rotatable bonds is 4. The molecule has 0 aliphatic carbocycles. The largest absolute Gasteiger partial charge is 0.497 e. The number of amides is 1. The zero-order chi connectivity index (χ0) is 25.5. The van der Waals surface area contributed by atoms with Crippen LogP contribution in [0, 0.1) is 6.92 Å². The normalized spacial score (nSPS) is 13.2. The highest BCUT2D eigenvalue weighted by Gasteiger charge is 2.24. The zero-order valence-electron chi connectivity index (χ0n) is 21.1. The average Bonchev–Trinajstić information content (AvgIpc) is 3.41. The summed E-state index contributed by atoms with van der Waals surface area (Å²) in [5.74, 6) is 2.51. The van der Waals surface area contributed by atoms with Crippen LogP contribution < -0.4 is 9.47 Å². The van der Waals surface area contributed by atoms with Gasteiger partial charge in [0, 0.05) is 24.8 Å². The van der Waals surface area contributed by atoms with Crippen molar-refractivity contribution in [2.75, 3.05) is 20.3 Å². The summed E-state index contributed by atoms with van der Waals surface area (Å²) in [5.41, 5.74) is 7.77. The Morgan fingerprint density at radius 3 is 2.54 bits per heavy atom. The summed E-state index contributed by atoms with van der Waals surface area (Å²) in [6.07, 6.45) is 0. The van der Waals surface area contributed by atoms with Gasteiger partial charge in [0.15, 0.2) is 0 Å². The van der Waals surface area contributed by atoms with Crippen LogP contribution in [-0.4, -0.2) is 45.6 Å². The third kappa shape index (κ3) is 4.22. The molecule has 0 radical (unpaired) electrons. The van der Waals surface area contributed by atoms with Crippen molar-refractivity contribution in [3.05, 3.63) is 89.9 Å². The Balaban J connectivity index is 1.28. The molecule has 1 N–H and O–H groups in total. The van der Waals surface area contributed by atoms with Crippen LogP contribution in [-0.2, 0) is 13.6 Å². The van der Waals surface area contributed by atoms with E-state index in [9.17, 15) is 4.79 Å². The molecule has 3 aromatic carbocycles. The summed E-state index contributed by atoms with van der Waals surface area (Å²) in [6.45, 7) is 3.41. The number of ether oxygens (including phenoxy) is 2. The standard InChI is InChI=1S/C30H28N4O3/c1-19-31-25-10-6-22(17-26(25)32-19)21-7-13-29-23(16-21)18-34(14-15-37-29)30(35)28-12-11-27(33(28)2)20-4-8-24(36-3)9-5-20/h4-13,16-17H,14-15,18H2,1-3H3,(H,31,32). The molecule has 0 bridgehead atoms. The summed E-state index contributed by atoms with van der Waals surface area (Å²) < 4.78 is 13.3. The second-order valence-electron chi connectivity index (χ2n) is 9.34. The first-order chi connectivity index (χ1) is 18.0. The van der Waals surface area contributed by atoms with Crippen LogP contribution in [0.1, 0.15) is 21.9 Å². The number of carbonyl (C=O) groups is 1. The number of aromatic amines is 1. The third-order valence-corrected chi connectivity index (χ3v) is 6.99. The minimum atomic E-state index is -0.0153. The van der Waals surface area contributed by atoms with Crippen molar-refractivity contribution in [2.45, 2.75) is 13.5 Å². The van der Waals surface area contributed by atoms with Gasteiger partial charge in [-0.2, -0.15) is 0 Å². The number of carbonyl (C=O) groups excluding carboxylic acids is 1. The minimum Gasteiger partial charge on any atom is -0.497 e. The highest BCUT2D eigenvalue weighted by atomic mass is 16.5. The van der Waals surface area contributed by atoms with Gasteiger partial charge >= 0.3 is 0 Å². The topological polar surface area (TPSA) is 72.4 Å². The molecule has 1 aliphatic heterocycles. The van der Waals surface area contributed by atoms with Gasteiger partial charge in [0.1, 0.15) is 29.6 Å². The number of nitrogens with zero attached hydrogens (tertiary/aromatic N) is 3. The van der Waals surface area contributed by atoms with Crippen molar-refractivity contribution in [3.8, 4) is 33.9 Å². The molecule has 5 aromatic rings. The second-order valence-corrected chi connectivity index (χ2v) is 9.34. The predicted octanol–water partition coefficient (Wildman–Crippen LogP) is 5.59. The molecule has 0 spiro atoms. The van der Waals surface area contributed by atoms with E-state index in [2.05, 4.69) is 34.2 Å². The Morgan fingerprint density at radius 1 is 0.973 bits per heavy atom. The van der Waals surface area contributed by atoms with E-state index in [0.717, 1.165) is 56.3 Å². The van der Waals surface area contributed by atoms with Crippen molar-refractivity contribution in [1.82, 2.24) is 19.4 Å². The summed E-state index contributed by atoms with van der Waals surface area (Å²) in [5, 5.41) is 0. The molecule has 7 heteroatoms. The maximum atomic E-state index is 13.7. The molecule has 6 rings (SSSR count). The first-order valence-electron chi connectivity index (χ1n) is 12.3. The van der Waals surface area contributed by atoms with Crippen LogP contribution in [0.4, 0.5) is 0 Å². The highest BCUT2D eigenvalue weighted by molar-refractivity contribution is 5.94. The number of methoxy groups -OCH3 is 1. The summed E-state index contributed by atoms with van der Waals surface area (Å²) in [4.78, 5) is 23.3. The molecule has 0 saturated heterocycles. The minimum absolute atomic E-state index is 0.0153. The van der Waals surface area contributed by atoms with Gasteiger partial charge in [-0.05, 0) is 84.3 Å². The number of hydrogen-bond donors (Lipinski definition) is 1. The Labute approximate surface area is 215 Å². The smallest absolute Gasteiger partial charge is 0.270 e. The van der Waals surface area contributed by atoms with Gasteiger partial charge in [-0.15, -0.1) is 0 Å². The van der Waals surface area contributed by atoms with Gasteiger partial charge in [0.05, 0.1) is 24.7 Å². The number of fused-ring (bicyclic) bond motifs is 2. The average molecular weight is 493 g/mol. The van der Waals surface area contributed by atoms with Crippen molar-refractivity contribution >= 4 is 16.9 Å². The molecule has 0 fully saturated rings.